The standard InChI is InChI=1S/C17H16O3/c1-12(17(19)20)14-9-5-6-10-15(14)16(18)11-13-7-3-2-4-8-13/h2-10,12H,11H2,1H3,(H,19,20). The molecular weight excluding hydrogens is 252 g/mol. The quantitative estimate of drug-likeness (QED) is 0.846. The Morgan fingerprint density at radius 3 is 2.25 bits per heavy atom. The van der Waals surface area contributed by atoms with Gasteiger partial charge in [0.2, 0.25) is 0 Å². The summed E-state index contributed by atoms with van der Waals surface area (Å²) in [6.45, 7) is 1.59. The lowest BCUT2D eigenvalue weighted by Gasteiger charge is -2.12. The molecule has 0 bridgehead atoms. The zero-order valence-electron chi connectivity index (χ0n) is 11.2. The molecule has 0 aliphatic heterocycles. The lowest BCUT2D eigenvalue weighted by Crippen LogP contribution is -2.14. The molecule has 0 aliphatic carbocycles. The Morgan fingerprint density at radius 2 is 1.60 bits per heavy atom. The number of benzene rings is 2. The van der Waals surface area contributed by atoms with Gasteiger partial charge in [-0.3, -0.25) is 9.59 Å². The van der Waals surface area contributed by atoms with Crippen molar-refractivity contribution in [3.63, 3.8) is 0 Å². The topological polar surface area (TPSA) is 54.4 Å². The summed E-state index contributed by atoms with van der Waals surface area (Å²) >= 11 is 0. The molecule has 0 saturated heterocycles. The fourth-order valence-corrected chi connectivity index (χ4v) is 2.14. The summed E-state index contributed by atoms with van der Waals surface area (Å²) in [5.74, 6) is -1.67. The van der Waals surface area contributed by atoms with E-state index in [1.165, 1.54) is 0 Å². The largest absolute Gasteiger partial charge is 0.481 e. The maximum atomic E-state index is 12.4. The first-order valence-electron chi connectivity index (χ1n) is 6.48. The minimum absolute atomic E-state index is 0.0556. The van der Waals surface area contributed by atoms with Crippen LogP contribution in [0, 0.1) is 0 Å². The lowest BCUT2D eigenvalue weighted by atomic mass is 9.91. The highest BCUT2D eigenvalue weighted by molar-refractivity contribution is 6.00. The number of hydrogen-bond donors (Lipinski definition) is 1. The number of ketones is 1. The van der Waals surface area contributed by atoms with Crippen LogP contribution in [0.3, 0.4) is 0 Å². The van der Waals surface area contributed by atoms with E-state index in [0.717, 1.165) is 5.56 Å². The van der Waals surface area contributed by atoms with Crippen LogP contribution in [-0.2, 0) is 11.2 Å². The normalized spacial score (nSPS) is 11.8. The smallest absolute Gasteiger partial charge is 0.310 e. The van der Waals surface area contributed by atoms with Gasteiger partial charge in [0.05, 0.1) is 5.92 Å². The van der Waals surface area contributed by atoms with E-state index < -0.39 is 11.9 Å². The molecule has 1 atom stereocenters. The third kappa shape index (κ3) is 3.12. The molecular formula is C17H16O3. The summed E-state index contributed by atoms with van der Waals surface area (Å²) in [6, 6.07) is 16.4. The summed E-state index contributed by atoms with van der Waals surface area (Å²) in [5, 5.41) is 9.12. The monoisotopic (exact) mass is 268 g/mol. The van der Waals surface area contributed by atoms with E-state index in [0.29, 0.717) is 11.1 Å². The molecule has 102 valence electrons. The van der Waals surface area contributed by atoms with Crippen LogP contribution < -0.4 is 0 Å². The van der Waals surface area contributed by atoms with Crippen LogP contribution in [0.5, 0.6) is 0 Å². The molecule has 2 rings (SSSR count). The number of hydrogen-bond acceptors (Lipinski definition) is 2. The van der Waals surface area contributed by atoms with Crippen molar-refractivity contribution in [2.75, 3.05) is 0 Å². The van der Waals surface area contributed by atoms with Crippen molar-refractivity contribution < 1.29 is 14.7 Å². The number of carbonyl (C=O) groups excluding carboxylic acids is 1. The molecule has 0 saturated carbocycles. The molecule has 1 unspecified atom stereocenters. The van der Waals surface area contributed by atoms with Gasteiger partial charge in [-0.15, -0.1) is 0 Å². The van der Waals surface area contributed by atoms with Crippen LogP contribution in [0.1, 0.15) is 34.3 Å². The van der Waals surface area contributed by atoms with Crippen LogP contribution in [0.25, 0.3) is 0 Å². The van der Waals surface area contributed by atoms with Crippen LogP contribution in [0.2, 0.25) is 0 Å². The van der Waals surface area contributed by atoms with E-state index in [1.54, 1.807) is 31.2 Å². The number of carboxylic acid groups (broad SMARTS) is 1. The van der Waals surface area contributed by atoms with Crippen molar-refractivity contribution in [1.29, 1.82) is 0 Å². The van der Waals surface area contributed by atoms with Crippen molar-refractivity contribution in [2.45, 2.75) is 19.3 Å². The van der Waals surface area contributed by atoms with E-state index >= 15 is 0 Å². The second-order valence-electron chi connectivity index (χ2n) is 4.73. The van der Waals surface area contributed by atoms with Crippen LogP contribution in [0.4, 0.5) is 0 Å². The maximum absolute atomic E-state index is 12.4. The van der Waals surface area contributed by atoms with Gasteiger partial charge in [0, 0.05) is 12.0 Å². The fraction of sp³-hybridized carbons (Fsp3) is 0.176. The summed E-state index contributed by atoms with van der Waals surface area (Å²) < 4.78 is 0. The van der Waals surface area contributed by atoms with Crippen LogP contribution in [-0.4, -0.2) is 16.9 Å². The molecule has 0 heterocycles. The molecule has 3 heteroatoms. The Balaban J connectivity index is 2.28. The molecule has 0 radical (unpaired) electrons. The zero-order valence-corrected chi connectivity index (χ0v) is 11.2. The molecule has 2 aromatic rings. The first-order chi connectivity index (χ1) is 9.59. The first-order valence-corrected chi connectivity index (χ1v) is 6.48. The predicted molar refractivity (Wildman–Crippen MR) is 77.0 cm³/mol. The van der Waals surface area contributed by atoms with Crippen molar-refractivity contribution in [3.05, 3.63) is 71.3 Å². The molecule has 20 heavy (non-hydrogen) atoms. The van der Waals surface area contributed by atoms with Gasteiger partial charge in [-0.2, -0.15) is 0 Å². The Hall–Kier alpha value is -2.42. The molecule has 0 amide bonds. The number of carboxylic acids is 1. The Kier molecular flexibility index (Phi) is 4.31. The van der Waals surface area contributed by atoms with Gasteiger partial charge in [-0.25, -0.2) is 0 Å². The Labute approximate surface area is 117 Å². The van der Waals surface area contributed by atoms with Crippen molar-refractivity contribution >= 4 is 11.8 Å². The van der Waals surface area contributed by atoms with Gasteiger partial charge in [-0.1, -0.05) is 54.6 Å². The Morgan fingerprint density at radius 1 is 1.00 bits per heavy atom. The number of carbonyl (C=O) groups is 2. The van der Waals surface area contributed by atoms with E-state index in [4.69, 9.17) is 5.11 Å². The summed E-state index contributed by atoms with van der Waals surface area (Å²) in [7, 11) is 0. The second kappa shape index (κ2) is 6.15. The third-order valence-electron chi connectivity index (χ3n) is 3.31. The minimum atomic E-state index is -0.926. The lowest BCUT2D eigenvalue weighted by molar-refractivity contribution is -0.138. The number of Topliss-reactive ketones (excluding diaryl/α,β-unsaturated/α-hetero) is 1. The van der Waals surface area contributed by atoms with Gasteiger partial charge >= 0.3 is 5.97 Å². The zero-order chi connectivity index (χ0) is 14.5. The Bertz CT molecular complexity index is 617. The van der Waals surface area contributed by atoms with Crippen molar-refractivity contribution in [1.82, 2.24) is 0 Å². The molecule has 0 aliphatic rings. The van der Waals surface area contributed by atoms with E-state index in [9.17, 15) is 9.59 Å². The highest BCUT2D eigenvalue weighted by Crippen LogP contribution is 2.21. The predicted octanol–water partition coefficient (Wildman–Crippen LogP) is 3.30. The maximum Gasteiger partial charge on any atom is 0.310 e. The van der Waals surface area contributed by atoms with Crippen molar-refractivity contribution in [3.8, 4) is 0 Å². The average Bonchev–Trinajstić information content (AvgIpc) is 2.47. The number of aliphatic carboxylic acids is 1. The minimum Gasteiger partial charge on any atom is -0.481 e. The summed E-state index contributed by atoms with van der Waals surface area (Å²) in [5.41, 5.74) is 1.99. The van der Waals surface area contributed by atoms with Gasteiger partial charge in [0.1, 0.15) is 0 Å². The molecule has 1 N–H and O–H groups in total. The SMILES string of the molecule is CC(C(=O)O)c1ccccc1C(=O)Cc1ccccc1. The van der Waals surface area contributed by atoms with Crippen LogP contribution in [0.15, 0.2) is 54.6 Å². The van der Waals surface area contributed by atoms with E-state index in [2.05, 4.69) is 0 Å². The molecule has 0 fully saturated rings. The first kappa shape index (κ1) is 14.0. The van der Waals surface area contributed by atoms with Gasteiger partial charge in [0.15, 0.2) is 5.78 Å². The highest BCUT2D eigenvalue weighted by atomic mass is 16.4. The average molecular weight is 268 g/mol. The third-order valence-corrected chi connectivity index (χ3v) is 3.31. The van der Waals surface area contributed by atoms with Crippen molar-refractivity contribution in [2.24, 2.45) is 0 Å². The fourth-order valence-electron chi connectivity index (χ4n) is 2.14. The highest BCUT2D eigenvalue weighted by Gasteiger charge is 2.20. The molecule has 0 aromatic heterocycles. The molecule has 0 spiro atoms. The number of rotatable bonds is 5. The molecule has 2 aromatic carbocycles. The second-order valence-corrected chi connectivity index (χ2v) is 4.73. The van der Waals surface area contributed by atoms with Crippen LogP contribution >= 0.6 is 0 Å². The van der Waals surface area contributed by atoms with E-state index in [1.807, 2.05) is 30.3 Å². The summed E-state index contributed by atoms with van der Waals surface area (Å²) in [6.07, 6.45) is 0.282. The van der Waals surface area contributed by atoms with E-state index in [-0.39, 0.29) is 12.2 Å². The van der Waals surface area contributed by atoms with Gasteiger partial charge < -0.3 is 5.11 Å². The van der Waals surface area contributed by atoms with Gasteiger partial charge in [0.25, 0.3) is 0 Å². The summed E-state index contributed by atoms with van der Waals surface area (Å²) in [4.78, 5) is 23.5. The molecule has 3 nitrogen and oxygen atoms in total. The van der Waals surface area contributed by atoms with Gasteiger partial charge in [-0.05, 0) is 18.1 Å².